The Hall–Kier alpha value is -3.39. The molecule has 1 unspecified atom stereocenters. The Bertz CT molecular complexity index is 1400. The van der Waals surface area contributed by atoms with Gasteiger partial charge in [-0.15, -0.1) is 0 Å². The summed E-state index contributed by atoms with van der Waals surface area (Å²) in [4.78, 5) is 5.05. The van der Waals surface area contributed by atoms with Crippen molar-refractivity contribution in [2.24, 2.45) is 0 Å². The van der Waals surface area contributed by atoms with Crippen LogP contribution in [0.1, 0.15) is 35.6 Å². The molecule has 5 aromatic rings. The molecule has 1 aliphatic rings. The number of aryl methyl sites for hydroxylation is 1. The van der Waals surface area contributed by atoms with Crippen LogP contribution >= 0.6 is 0 Å². The van der Waals surface area contributed by atoms with Crippen molar-refractivity contribution in [3.8, 4) is 0 Å². The molecule has 2 heteroatoms. The summed E-state index contributed by atoms with van der Waals surface area (Å²) < 4.78 is 0. The molecule has 0 amide bonds. The average molecular weight is 374 g/mol. The molecule has 0 aliphatic heterocycles. The van der Waals surface area contributed by atoms with Gasteiger partial charge in [0, 0.05) is 17.0 Å². The highest BCUT2D eigenvalue weighted by Crippen LogP contribution is 2.42. The van der Waals surface area contributed by atoms with Crippen LogP contribution in [-0.4, -0.2) is 4.98 Å². The molecule has 0 saturated heterocycles. The Kier molecular flexibility index (Phi) is 3.60. The lowest BCUT2D eigenvalue weighted by molar-refractivity contribution is 0.610. The molecular weight excluding hydrogens is 352 g/mol. The average Bonchev–Trinajstić information content (AvgIpc) is 2.78. The molecule has 0 saturated carbocycles. The van der Waals surface area contributed by atoms with E-state index in [1.165, 1.54) is 39.1 Å². The van der Waals surface area contributed by atoms with Crippen LogP contribution < -0.4 is 5.73 Å². The summed E-state index contributed by atoms with van der Waals surface area (Å²) in [5, 5.41) is 6.35. The van der Waals surface area contributed by atoms with Crippen LogP contribution in [0.2, 0.25) is 0 Å². The van der Waals surface area contributed by atoms with Gasteiger partial charge in [0.1, 0.15) is 0 Å². The van der Waals surface area contributed by atoms with Crippen LogP contribution in [0.5, 0.6) is 0 Å². The van der Waals surface area contributed by atoms with Gasteiger partial charge in [-0.1, -0.05) is 66.7 Å². The molecule has 0 radical (unpaired) electrons. The molecule has 6 rings (SSSR count). The molecule has 1 aliphatic carbocycles. The summed E-state index contributed by atoms with van der Waals surface area (Å²) in [6, 6.07) is 28.1. The summed E-state index contributed by atoms with van der Waals surface area (Å²) in [6.07, 6.45) is 3.44. The first-order chi connectivity index (χ1) is 14.3. The van der Waals surface area contributed by atoms with E-state index in [0.29, 0.717) is 0 Å². The smallest absolute Gasteiger partial charge is 0.0726 e. The Labute approximate surface area is 170 Å². The van der Waals surface area contributed by atoms with Gasteiger partial charge in [-0.05, 0) is 64.1 Å². The Morgan fingerprint density at radius 3 is 2.48 bits per heavy atom. The third-order valence-electron chi connectivity index (χ3n) is 6.47. The zero-order valence-corrected chi connectivity index (χ0v) is 16.2. The predicted molar refractivity (Wildman–Crippen MR) is 122 cm³/mol. The highest BCUT2D eigenvalue weighted by molar-refractivity contribution is 6.09. The summed E-state index contributed by atoms with van der Waals surface area (Å²) in [5.74, 6) is 0.288. The maximum atomic E-state index is 6.43. The van der Waals surface area contributed by atoms with E-state index in [2.05, 4.69) is 66.7 Å². The van der Waals surface area contributed by atoms with E-state index in [9.17, 15) is 0 Å². The van der Waals surface area contributed by atoms with Gasteiger partial charge in [0.2, 0.25) is 0 Å². The van der Waals surface area contributed by atoms with Crippen LogP contribution in [0.25, 0.3) is 32.4 Å². The Morgan fingerprint density at radius 1 is 0.759 bits per heavy atom. The fraction of sp³-hybridized carbons (Fsp3) is 0.148. The first kappa shape index (κ1) is 16.6. The van der Waals surface area contributed by atoms with E-state index in [1.807, 2.05) is 12.1 Å². The minimum Gasteiger partial charge on any atom is -0.398 e. The maximum absolute atomic E-state index is 6.43. The number of pyridine rings is 1. The summed E-state index contributed by atoms with van der Waals surface area (Å²) in [5.41, 5.74) is 12.2. The molecule has 4 aromatic carbocycles. The van der Waals surface area contributed by atoms with E-state index < -0.39 is 0 Å². The Balaban J connectivity index is 1.63. The lowest BCUT2D eigenvalue weighted by Gasteiger charge is -2.27. The SMILES string of the molecule is Nc1cc(C2CCCc3ccc4c(ccc5ccccc54)c32)nc2ccccc12. The number of nitrogens with zero attached hydrogens (tertiary/aromatic N) is 1. The Morgan fingerprint density at radius 2 is 1.55 bits per heavy atom. The number of benzene rings is 4. The molecule has 2 nitrogen and oxygen atoms in total. The van der Waals surface area contributed by atoms with E-state index in [0.717, 1.165) is 35.1 Å². The standard InChI is InChI=1S/C27H22N2/c28-24-16-26(29-25-11-4-3-9-22(24)25)23-10-5-7-18-13-14-20-19-8-2-1-6-17(19)12-15-21(20)27(18)23/h1-4,6,8-9,11-16,23H,5,7,10H2,(H2,28,29). The number of para-hydroxylation sites is 1. The zero-order chi connectivity index (χ0) is 19.4. The third-order valence-corrected chi connectivity index (χ3v) is 6.47. The molecule has 0 spiro atoms. The van der Waals surface area contributed by atoms with Crippen molar-refractivity contribution in [3.05, 3.63) is 95.7 Å². The monoisotopic (exact) mass is 374 g/mol. The second kappa shape index (κ2) is 6.31. The van der Waals surface area contributed by atoms with Crippen molar-refractivity contribution >= 4 is 38.1 Å². The number of anilines is 1. The number of rotatable bonds is 1. The molecule has 140 valence electrons. The van der Waals surface area contributed by atoms with Crippen LogP contribution in [0.15, 0.2) is 78.9 Å². The van der Waals surface area contributed by atoms with E-state index in [1.54, 1.807) is 0 Å². The highest BCUT2D eigenvalue weighted by Gasteiger charge is 2.26. The second-order valence-corrected chi connectivity index (χ2v) is 8.12. The van der Waals surface area contributed by atoms with Gasteiger partial charge in [0.05, 0.1) is 11.2 Å². The largest absolute Gasteiger partial charge is 0.398 e. The summed E-state index contributed by atoms with van der Waals surface area (Å²) in [7, 11) is 0. The molecule has 0 bridgehead atoms. The second-order valence-electron chi connectivity index (χ2n) is 8.12. The highest BCUT2D eigenvalue weighted by atomic mass is 14.7. The summed E-state index contributed by atoms with van der Waals surface area (Å²) in [6.45, 7) is 0. The van der Waals surface area contributed by atoms with Crippen molar-refractivity contribution in [1.29, 1.82) is 0 Å². The van der Waals surface area contributed by atoms with E-state index >= 15 is 0 Å². The van der Waals surface area contributed by atoms with Gasteiger partial charge in [-0.2, -0.15) is 0 Å². The van der Waals surface area contributed by atoms with Gasteiger partial charge < -0.3 is 5.73 Å². The lowest BCUT2D eigenvalue weighted by Crippen LogP contribution is -2.13. The van der Waals surface area contributed by atoms with Crippen LogP contribution in [-0.2, 0) is 6.42 Å². The number of hydrogen-bond acceptors (Lipinski definition) is 2. The maximum Gasteiger partial charge on any atom is 0.0726 e. The molecule has 2 N–H and O–H groups in total. The molecule has 0 fully saturated rings. The quantitative estimate of drug-likeness (QED) is 0.336. The van der Waals surface area contributed by atoms with Gasteiger partial charge in [-0.25, -0.2) is 0 Å². The minimum absolute atomic E-state index is 0.288. The van der Waals surface area contributed by atoms with Gasteiger partial charge >= 0.3 is 0 Å². The first-order valence-corrected chi connectivity index (χ1v) is 10.4. The summed E-state index contributed by atoms with van der Waals surface area (Å²) >= 11 is 0. The number of nitrogens with two attached hydrogens (primary N) is 1. The minimum atomic E-state index is 0.288. The molecule has 29 heavy (non-hydrogen) atoms. The molecule has 1 atom stereocenters. The van der Waals surface area contributed by atoms with Crippen molar-refractivity contribution in [1.82, 2.24) is 4.98 Å². The number of hydrogen-bond donors (Lipinski definition) is 1. The first-order valence-electron chi connectivity index (χ1n) is 10.4. The van der Waals surface area contributed by atoms with Crippen molar-refractivity contribution in [2.45, 2.75) is 25.2 Å². The molecular formula is C27H22N2. The van der Waals surface area contributed by atoms with Crippen LogP contribution in [0, 0.1) is 0 Å². The molecule has 1 heterocycles. The fourth-order valence-electron chi connectivity index (χ4n) is 5.13. The van der Waals surface area contributed by atoms with Gasteiger partial charge in [0.15, 0.2) is 0 Å². The van der Waals surface area contributed by atoms with Crippen molar-refractivity contribution in [2.75, 3.05) is 5.73 Å². The van der Waals surface area contributed by atoms with Crippen molar-refractivity contribution in [3.63, 3.8) is 0 Å². The van der Waals surface area contributed by atoms with Crippen molar-refractivity contribution < 1.29 is 0 Å². The van der Waals surface area contributed by atoms with Gasteiger partial charge in [0.25, 0.3) is 0 Å². The normalized spacial score (nSPS) is 16.3. The predicted octanol–water partition coefficient (Wildman–Crippen LogP) is 6.59. The fourth-order valence-corrected chi connectivity index (χ4v) is 5.13. The van der Waals surface area contributed by atoms with E-state index in [4.69, 9.17) is 10.7 Å². The van der Waals surface area contributed by atoms with Crippen LogP contribution in [0.3, 0.4) is 0 Å². The third kappa shape index (κ3) is 2.52. The van der Waals surface area contributed by atoms with E-state index in [-0.39, 0.29) is 5.92 Å². The number of nitrogen functional groups attached to an aromatic ring is 1. The number of fused-ring (bicyclic) bond motifs is 6. The zero-order valence-electron chi connectivity index (χ0n) is 16.2. The van der Waals surface area contributed by atoms with Crippen LogP contribution in [0.4, 0.5) is 5.69 Å². The molecule has 1 aromatic heterocycles. The number of aromatic nitrogens is 1. The topological polar surface area (TPSA) is 38.9 Å². The van der Waals surface area contributed by atoms with Gasteiger partial charge in [-0.3, -0.25) is 4.98 Å². The lowest BCUT2D eigenvalue weighted by atomic mass is 9.77.